The molecule has 0 aliphatic carbocycles. The standard InChI is InChI=1S/C15H18N2O2S/c1-3-6-12-11(14(18)17-15(20)16-12)9-10-7-4-5-8-13(10)19-2/h4-5,7-8H,3,6,9H2,1-2H3,(H2,16,17,18,20). The number of nitrogens with one attached hydrogen (secondary N) is 2. The van der Waals surface area contributed by atoms with Gasteiger partial charge in [-0.2, -0.15) is 0 Å². The van der Waals surface area contributed by atoms with Crippen molar-refractivity contribution in [3.05, 3.63) is 56.2 Å². The third-order valence-electron chi connectivity index (χ3n) is 3.19. The molecule has 5 heteroatoms. The van der Waals surface area contributed by atoms with E-state index in [0.29, 0.717) is 11.2 Å². The second kappa shape index (κ2) is 6.52. The molecule has 0 unspecified atom stereocenters. The average Bonchev–Trinajstić information content (AvgIpc) is 2.43. The number of ether oxygens (including phenoxy) is 1. The normalized spacial score (nSPS) is 10.5. The van der Waals surface area contributed by atoms with Gasteiger partial charge in [0.05, 0.1) is 7.11 Å². The Morgan fingerprint density at radius 2 is 2.00 bits per heavy atom. The molecule has 2 N–H and O–H groups in total. The number of aromatic amines is 2. The summed E-state index contributed by atoms with van der Waals surface area (Å²) in [6.07, 6.45) is 2.28. The number of aryl methyl sites for hydroxylation is 1. The fourth-order valence-electron chi connectivity index (χ4n) is 2.25. The SMILES string of the molecule is CCCc1[nH]c(=S)[nH]c(=O)c1Cc1ccccc1OC. The number of aromatic nitrogens is 2. The van der Waals surface area contributed by atoms with Gasteiger partial charge < -0.3 is 9.72 Å². The zero-order valence-electron chi connectivity index (χ0n) is 11.7. The van der Waals surface area contributed by atoms with Crippen molar-refractivity contribution in [2.24, 2.45) is 0 Å². The summed E-state index contributed by atoms with van der Waals surface area (Å²) in [5.74, 6) is 0.789. The fraction of sp³-hybridized carbons (Fsp3) is 0.333. The zero-order valence-corrected chi connectivity index (χ0v) is 12.5. The average molecular weight is 290 g/mol. The molecule has 0 radical (unpaired) electrons. The second-order valence-electron chi connectivity index (χ2n) is 4.60. The highest BCUT2D eigenvalue weighted by molar-refractivity contribution is 7.71. The van der Waals surface area contributed by atoms with Crippen molar-refractivity contribution in [2.45, 2.75) is 26.2 Å². The Balaban J connectivity index is 2.47. The van der Waals surface area contributed by atoms with Crippen molar-refractivity contribution in [3.8, 4) is 5.75 Å². The van der Waals surface area contributed by atoms with Crippen molar-refractivity contribution in [3.63, 3.8) is 0 Å². The molecule has 106 valence electrons. The quantitative estimate of drug-likeness (QED) is 0.832. The number of hydrogen-bond donors (Lipinski definition) is 2. The van der Waals surface area contributed by atoms with E-state index in [1.165, 1.54) is 0 Å². The van der Waals surface area contributed by atoms with Gasteiger partial charge in [-0.25, -0.2) is 0 Å². The molecular formula is C15H18N2O2S. The zero-order chi connectivity index (χ0) is 14.5. The summed E-state index contributed by atoms with van der Waals surface area (Å²) < 4.78 is 5.72. The van der Waals surface area contributed by atoms with E-state index < -0.39 is 0 Å². The summed E-state index contributed by atoms with van der Waals surface area (Å²) in [7, 11) is 1.63. The number of rotatable bonds is 5. The van der Waals surface area contributed by atoms with Gasteiger partial charge in [-0.3, -0.25) is 9.78 Å². The van der Waals surface area contributed by atoms with Crippen LogP contribution in [0.1, 0.15) is 30.2 Å². The Hall–Kier alpha value is -1.88. The molecule has 0 bridgehead atoms. The molecule has 1 heterocycles. The van der Waals surface area contributed by atoms with Crippen molar-refractivity contribution < 1.29 is 4.74 Å². The van der Waals surface area contributed by atoms with Gasteiger partial charge in [-0.15, -0.1) is 0 Å². The molecule has 0 aliphatic heterocycles. The number of para-hydroxylation sites is 1. The molecule has 1 aromatic heterocycles. The van der Waals surface area contributed by atoms with Crippen LogP contribution in [0.4, 0.5) is 0 Å². The van der Waals surface area contributed by atoms with Crippen LogP contribution in [-0.2, 0) is 12.8 Å². The Labute approximate surface area is 122 Å². The van der Waals surface area contributed by atoms with Crippen LogP contribution in [0.15, 0.2) is 29.1 Å². The minimum atomic E-state index is -0.122. The first kappa shape index (κ1) is 14.5. The highest BCUT2D eigenvalue weighted by atomic mass is 32.1. The highest BCUT2D eigenvalue weighted by Gasteiger charge is 2.11. The van der Waals surface area contributed by atoms with E-state index in [1.807, 2.05) is 24.3 Å². The van der Waals surface area contributed by atoms with Crippen molar-refractivity contribution >= 4 is 12.2 Å². The molecule has 1 aromatic carbocycles. The molecule has 0 saturated carbocycles. The van der Waals surface area contributed by atoms with Crippen LogP contribution in [0.5, 0.6) is 5.75 Å². The van der Waals surface area contributed by atoms with Crippen molar-refractivity contribution in [1.29, 1.82) is 0 Å². The van der Waals surface area contributed by atoms with E-state index >= 15 is 0 Å². The summed E-state index contributed by atoms with van der Waals surface area (Å²) >= 11 is 5.04. The molecule has 0 saturated heterocycles. The lowest BCUT2D eigenvalue weighted by Gasteiger charge is -2.11. The summed E-state index contributed by atoms with van der Waals surface area (Å²) in [6, 6.07) is 7.72. The van der Waals surface area contributed by atoms with E-state index in [2.05, 4.69) is 16.9 Å². The first-order valence-corrected chi connectivity index (χ1v) is 7.02. The smallest absolute Gasteiger partial charge is 0.255 e. The van der Waals surface area contributed by atoms with Gasteiger partial charge in [0.25, 0.3) is 5.56 Å². The van der Waals surface area contributed by atoms with Crippen molar-refractivity contribution in [2.75, 3.05) is 7.11 Å². The Bertz CT molecular complexity index is 704. The number of methoxy groups -OCH3 is 1. The topological polar surface area (TPSA) is 57.9 Å². The van der Waals surface area contributed by atoms with Gasteiger partial charge in [0, 0.05) is 17.7 Å². The van der Waals surface area contributed by atoms with E-state index in [4.69, 9.17) is 17.0 Å². The van der Waals surface area contributed by atoms with E-state index in [0.717, 1.165) is 35.4 Å². The fourth-order valence-corrected chi connectivity index (χ4v) is 2.47. The second-order valence-corrected chi connectivity index (χ2v) is 5.01. The third-order valence-corrected chi connectivity index (χ3v) is 3.39. The minimum absolute atomic E-state index is 0.122. The summed E-state index contributed by atoms with van der Waals surface area (Å²) in [4.78, 5) is 17.9. The first-order chi connectivity index (χ1) is 9.65. The van der Waals surface area contributed by atoms with Gasteiger partial charge in [0.2, 0.25) is 0 Å². The monoisotopic (exact) mass is 290 g/mol. The lowest BCUT2D eigenvalue weighted by Crippen LogP contribution is -2.18. The van der Waals surface area contributed by atoms with Gasteiger partial charge in [0.15, 0.2) is 4.77 Å². The van der Waals surface area contributed by atoms with Crippen molar-refractivity contribution in [1.82, 2.24) is 9.97 Å². The van der Waals surface area contributed by atoms with Gasteiger partial charge in [0.1, 0.15) is 5.75 Å². The van der Waals surface area contributed by atoms with E-state index in [1.54, 1.807) is 7.11 Å². The molecule has 2 rings (SSSR count). The number of H-pyrrole nitrogens is 2. The van der Waals surface area contributed by atoms with Gasteiger partial charge in [-0.05, 0) is 30.3 Å². The number of benzene rings is 1. The minimum Gasteiger partial charge on any atom is -0.496 e. The Morgan fingerprint density at radius 3 is 2.70 bits per heavy atom. The van der Waals surface area contributed by atoms with Crippen LogP contribution in [-0.4, -0.2) is 17.1 Å². The lowest BCUT2D eigenvalue weighted by atomic mass is 10.0. The lowest BCUT2D eigenvalue weighted by molar-refractivity contribution is 0.410. The first-order valence-electron chi connectivity index (χ1n) is 6.62. The Morgan fingerprint density at radius 1 is 1.25 bits per heavy atom. The largest absolute Gasteiger partial charge is 0.496 e. The molecule has 0 amide bonds. The van der Waals surface area contributed by atoms with Crippen LogP contribution in [0.3, 0.4) is 0 Å². The van der Waals surface area contributed by atoms with Crippen LogP contribution in [0.25, 0.3) is 0 Å². The van der Waals surface area contributed by atoms with Crippen LogP contribution in [0, 0.1) is 4.77 Å². The molecule has 20 heavy (non-hydrogen) atoms. The molecular weight excluding hydrogens is 272 g/mol. The Kier molecular flexibility index (Phi) is 4.74. The summed E-state index contributed by atoms with van der Waals surface area (Å²) in [5, 5.41) is 0. The van der Waals surface area contributed by atoms with Gasteiger partial charge >= 0.3 is 0 Å². The maximum Gasteiger partial charge on any atom is 0.255 e. The predicted molar refractivity (Wildman–Crippen MR) is 82.0 cm³/mol. The maximum atomic E-state index is 12.2. The summed E-state index contributed by atoms with van der Waals surface area (Å²) in [6.45, 7) is 2.07. The molecule has 4 nitrogen and oxygen atoms in total. The van der Waals surface area contributed by atoms with Crippen LogP contribution in [0.2, 0.25) is 0 Å². The molecule has 0 spiro atoms. The molecule has 2 aromatic rings. The third kappa shape index (κ3) is 3.17. The van der Waals surface area contributed by atoms with Crippen LogP contribution >= 0.6 is 12.2 Å². The summed E-state index contributed by atoms with van der Waals surface area (Å²) in [5.41, 5.74) is 2.50. The van der Waals surface area contributed by atoms with Crippen LogP contribution < -0.4 is 10.3 Å². The highest BCUT2D eigenvalue weighted by Crippen LogP contribution is 2.20. The predicted octanol–water partition coefficient (Wildman–Crippen LogP) is 2.98. The molecule has 0 atom stereocenters. The van der Waals surface area contributed by atoms with E-state index in [9.17, 15) is 4.79 Å². The molecule has 0 aliphatic rings. The van der Waals surface area contributed by atoms with E-state index in [-0.39, 0.29) is 5.56 Å². The molecule has 0 fully saturated rings. The number of hydrogen-bond acceptors (Lipinski definition) is 3. The maximum absolute atomic E-state index is 12.2. The van der Waals surface area contributed by atoms with Gasteiger partial charge in [-0.1, -0.05) is 31.5 Å².